The van der Waals surface area contributed by atoms with Gasteiger partial charge in [0.25, 0.3) is 0 Å². The number of benzene rings is 1. The molecule has 5 N–H and O–H groups in total. The minimum atomic E-state index is -0.499. The predicted molar refractivity (Wildman–Crippen MR) is 99.7 cm³/mol. The molecule has 6 nitrogen and oxygen atoms in total. The summed E-state index contributed by atoms with van der Waals surface area (Å²) in [6, 6.07) is 7.35. The van der Waals surface area contributed by atoms with Gasteiger partial charge in [0.1, 0.15) is 0 Å². The van der Waals surface area contributed by atoms with Crippen molar-refractivity contribution in [3.05, 3.63) is 29.8 Å². The first-order valence-corrected chi connectivity index (χ1v) is 9.07. The number of likely N-dealkylation sites (tertiary alicyclic amines) is 1. The highest BCUT2D eigenvalue weighted by atomic mass is 16.2. The molecule has 1 heterocycles. The Balaban J connectivity index is 1.91. The Morgan fingerprint density at radius 1 is 1.32 bits per heavy atom. The fourth-order valence-corrected chi connectivity index (χ4v) is 3.12. The molecule has 0 bridgehead atoms. The van der Waals surface area contributed by atoms with Gasteiger partial charge in [-0.3, -0.25) is 14.5 Å². The summed E-state index contributed by atoms with van der Waals surface area (Å²) in [5.41, 5.74) is 13.3. The number of carbonyl (C=O) groups excluding carboxylic acids is 2. The van der Waals surface area contributed by atoms with Gasteiger partial charge in [0.2, 0.25) is 11.8 Å². The van der Waals surface area contributed by atoms with Gasteiger partial charge in [-0.1, -0.05) is 32.4 Å². The van der Waals surface area contributed by atoms with Gasteiger partial charge in [-0.05, 0) is 49.5 Å². The van der Waals surface area contributed by atoms with Crippen molar-refractivity contribution in [3.63, 3.8) is 0 Å². The molecule has 2 amide bonds. The van der Waals surface area contributed by atoms with E-state index in [2.05, 4.69) is 10.2 Å². The van der Waals surface area contributed by atoms with Crippen LogP contribution in [-0.4, -0.2) is 35.8 Å². The van der Waals surface area contributed by atoms with E-state index in [1.54, 1.807) is 0 Å². The molecular formula is C19H30N4O2. The van der Waals surface area contributed by atoms with E-state index in [-0.39, 0.29) is 23.7 Å². The molecule has 2 atom stereocenters. The number of primary amides is 1. The number of anilines is 1. The van der Waals surface area contributed by atoms with Gasteiger partial charge in [0.15, 0.2) is 0 Å². The number of nitrogens with one attached hydrogen (secondary N) is 1. The first-order chi connectivity index (χ1) is 11.9. The van der Waals surface area contributed by atoms with Crippen molar-refractivity contribution in [1.29, 1.82) is 0 Å². The summed E-state index contributed by atoms with van der Waals surface area (Å²) in [5.74, 6) is -0.186. The molecule has 2 unspecified atom stereocenters. The second-order valence-corrected chi connectivity index (χ2v) is 7.05. The fourth-order valence-electron chi connectivity index (χ4n) is 3.12. The number of nitrogens with zero attached hydrogens (tertiary/aromatic N) is 1. The third-order valence-corrected chi connectivity index (χ3v) is 5.15. The minimum absolute atomic E-state index is 0.00363. The first-order valence-electron chi connectivity index (χ1n) is 9.07. The maximum absolute atomic E-state index is 12.2. The van der Waals surface area contributed by atoms with Gasteiger partial charge in [-0.2, -0.15) is 0 Å². The van der Waals surface area contributed by atoms with Crippen LogP contribution in [0, 0.1) is 11.8 Å². The van der Waals surface area contributed by atoms with Crippen LogP contribution in [0.4, 0.5) is 5.69 Å². The minimum Gasteiger partial charge on any atom is -0.369 e. The van der Waals surface area contributed by atoms with Crippen LogP contribution >= 0.6 is 0 Å². The molecular weight excluding hydrogens is 316 g/mol. The molecule has 1 aromatic rings. The van der Waals surface area contributed by atoms with E-state index < -0.39 is 6.04 Å². The van der Waals surface area contributed by atoms with Crippen LogP contribution in [0.15, 0.2) is 24.3 Å². The Bertz CT molecular complexity index is 597. The zero-order chi connectivity index (χ0) is 18.4. The van der Waals surface area contributed by atoms with Crippen molar-refractivity contribution in [1.82, 2.24) is 4.90 Å². The summed E-state index contributed by atoms with van der Waals surface area (Å²) in [7, 11) is 0. The van der Waals surface area contributed by atoms with E-state index >= 15 is 0 Å². The molecule has 1 aliphatic heterocycles. The molecule has 1 aromatic carbocycles. The summed E-state index contributed by atoms with van der Waals surface area (Å²) in [4.78, 5) is 25.8. The van der Waals surface area contributed by atoms with Gasteiger partial charge in [0.05, 0.1) is 6.04 Å². The van der Waals surface area contributed by atoms with Gasteiger partial charge in [-0.25, -0.2) is 0 Å². The van der Waals surface area contributed by atoms with Crippen molar-refractivity contribution in [2.75, 3.05) is 18.4 Å². The highest BCUT2D eigenvalue weighted by Crippen LogP contribution is 2.20. The molecule has 2 rings (SSSR count). The standard InChI is InChI=1S/C19H30N4O2/c1-3-13(2)17(20)19(25)22-16-6-4-5-14(11-16)12-23-9-7-15(8-10-23)18(21)24/h4-6,11,13,15,17H,3,7-10,12,20H2,1-2H3,(H2,21,24)(H,22,25). The Hall–Kier alpha value is -1.92. The van der Waals surface area contributed by atoms with Crippen molar-refractivity contribution in [2.24, 2.45) is 23.3 Å². The molecule has 0 saturated carbocycles. The lowest BCUT2D eigenvalue weighted by atomic mass is 9.96. The Kier molecular flexibility index (Phi) is 6.96. The van der Waals surface area contributed by atoms with E-state index in [9.17, 15) is 9.59 Å². The number of hydrogen-bond donors (Lipinski definition) is 3. The summed E-state index contributed by atoms with van der Waals surface area (Å²) < 4.78 is 0. The average molecular weight is 346 g/mol. The predicted octanol–water partition coefficient (Wildman–Crippen LogP) is 1.70. The zero-order valence-corrected chi connectivity index (χ0v) is 15.2. The molecule has 25 heavy (non-hydrogen) atoms. The third-order valence-electron chi connectivity index (χ3n) is 5.15. The Labute approximate surface area is 149 Å². The topological polar surface area (TPSA) is 101 Å². The number of rotatable bonds is 7. The van der Waals surface area contributed by atoms with Crippen LogP contribution in [0.1, 0.15) is 38.7 Å². The van der Waals surface area contributed by atoms with Gasteiger partial charge < -0.3 is 16.8 Å². The molecule has 0 spiro atoms. The number of carbonyl (C=O) groups is 2. The highest BCUT2D eigenvalue weighted by Gasteiger charge is 2.23. The summed E-state index contributed by atoms with van der Waals surface area (Å²) in [6.45, 7) is 6.54. The third kappa shape index (κ3) is 5.54. The highest BCUT2D eigenvalue weighted by molar-refractivity contribution is 5.94. The van der Waals surface area contributed by atoms with E-state index in [0.29, 0.717) is 0 Å². The zero-order valence-electron chi connectivity index (χ0n) is 15.2. The molecule has 1 fully saturated rings. The Morgan fingerprint density at radius 2 is 2.00 bits per heavy atom. The van der Waals surface area contributed by atoms with Crippen molar-refractivity contribution < 1.29 is 9.59 Å². The monoisotopic (exact) mass is 346 g/mol. The van der Waals surface area contributed by atoms with Crippen LogP contribution in [0.3, 0.4) is 0 Å². The maximum atomic E-state index is 12.2. The number of amides is 2. The molecule has 0 radical (unpaired) electrons. The molecule has 138 valence electrons. The van der Waals surface area contributed by atoms with E-state index in [0.717, 1.165) is 50.1 Å². The molecule has 6 heteroatoms. The second-order valence-electron chi connectivity index (χ2n) is 7.05. The number of nitrogens with two attached hydrogens (primary N) is 2. The van der Waals surface area contributed by atoms with Crippen LogP contribution in [0.25, 0.3) is 0 Å². The summed E-state index contributed by atoms with van der Waals surface area (Å²) in [6.07, 6.45) is 2.50. The molecule has 0 aromatic heterocycles. The first kappa shape index (κ1) is 19.4. The number of piperidine rings is 1. The second kappa shape index (κ2) is 8.97. The van der Waals surface area contributed by atoms with Crippen molar-refractivity contribution in [2.45, 2.75) is 45.7 Å². The largest absolute Gasteiger partial charge is 0.369 e. The SMILES string of the molecule is CCC(C)C(N)C(=O)Nc1cccc(CN2CCC(C(N)=O)CC2)c1. The fraction of sp³-hybridized carbons (Fsp3) is 0.579. The van der Waals surface area contributed by atoms with Gasteiger partial charge in [-0.15, -0.1) is 0 Å². The lowest BCUT2D eigenvalue weighted by molar-refractivity contribution is -0.123. The normalized spacial score (nSPS) is 18.5. The quantitative estimate of drug-likeness (QED) is 0.699. The van der Waals surface area contributed by atoms with E-state index in [1.807, 2.05) is 38.1 Å². The maximum Gasteiger partial charge on any atom is 0.241 e. The molecule has 0 aliphatic carbocycles. The summed E-state index contributed by atoms with van der Waals surface area (Å²) >= 11 is 0. The summed E-state index contributed by atoms with van der Waals surface area (Å²) in [5, 5.41) is 2.91. The lowest BCUT2D eigenvalue weighted by Crippen LogP contribution is -2.40. The molecule has 1 saturated heterocycles. The van der Waals surface area contributed by atoms with Crippen LogP contribution in [-0.2, 0) is 16.1 Å². The van der Waals surface area contributed by atoms with Crippen LogP contribution < -0.4 is 16.8 Å². The molecule has 1 aliphatic rings. The average Bonchev–Trinajstić information content (AvgIpc) is 2.61. The van der Waals surface area contributed by atoms with Gasteiger partial charge >= 0.3 is 0 Å². The van der Waals surface area contributed by atoms with Crippen molar-refractivity contribution >= 4 is 17.5 Å². The number of hydrogen-bond acceptors (Lipinski definition) is 4. The van der Waals surface area contributed by atoms with Crippen LogP contribution in [0.5, 0.6) is 0 Å². The van der Waals surface area contributed by atoms with Gasteiger partial charge in [0, 0.05) is 18.2 Å². The lowest BCUT2D eigenvalue weighted by Gasteiger charge is -2.30. The Morgan fingerprint density at radius 3 is 2.60 bits per heavy atom. The van der Waals surface area contributed by atoms with E-state index in [4.69, 9.17) is 11.5 Å². The van der Waals surface area contributed by atoms with Crippen molar-refractivity contribution in [3.8, 4) is 0 Å². The van der Waals surface area contributed by atoms with Crippen LogP contribution in [0.2, 0.25) is 0 Å². The smallest absolute Gasteiger partial charge is 0.241 e. The van der Waals surface area contributed by atoms with E-state index in [1.165, 1.54) is 0 Å².